The number of carbonyl (C=O) groups excluding carboxylic acids is 2. The normalized spacial score (nSPS) is 26.4. The van der Waals surface area contributed by atoms with Gasteiger partial charge in [0.1, 0.15) is 0 Å². The van der Waals surface area contributed by atoms with Crippen LogP contribution in [0, 0.1) is 23.7 Å². The van der Waals surface area contributed by atoms with Gasteiger partial charge in [0.05, 0.1) is 11.8 Å². The molecular formula is C19H22N2O4. The Hall–Kier alpha value is -2.63. The van der Waals surface area contributed by atoms with Gasteiger partial charge in [-0.05, 0) is 48.9 Å². The van der Waals surface area contributed by atoms with Gasteiger partial charge in [0.2, 0.25) is 5.91 Å². The monoisotopic (exact) mass is 342 g/mol. The van der Waals surface area contributed by atoms with Gasteiger partial charge >= 0.3 is 5.97 Å². The quantitative estimate of drug-likeness (QED) is 0.691. The van der Waals surface area contributed by atoms with Gasteiger partial charge in [0.15, 0.2) is 0 Å². The van der Waals surface area contributed by atoms with Gasteiger partial charge in [0.25, 0.3) is 5.91 Å². The molecule has 1 aromatic carbocycles. The highest BCUT2D eigenvalue weighted by Crippen LogP contribution is 2.48. The second kappa shape index (κ2) is 7.09. The zero-order chi connectivity index (χ0) is 18.0. The molecule has 2 aliphatic rings. The zero-order valence-electron chi connectivity index (χ0n) is 14.1. The standard InChI is InChI=1S/C19H22N2O4/c1-2-9-20-17(22)11-5-7-14(8-6-11)21-18(23)15-12-3-4-13(10-12)16(15)19(24)25/h3-8,12-13,15-16H,2,9-10H2,1H3,(H,20,22)(H,21,23)(H,24,25)/t12-,13-,15+,16+/m0/s1. The molecule has 2 amide bonds. The topological polar surface area (TPSA) is 95.5 Å². The number of rotatable bonds is 6. The van der Waals surface area contributed by atoms with Crippen molar-refractivity contribution in [1.82, 2.24) is 5.32 Å². The first-order chi connectivity index (χ1) is 12.0. The number of nitrogens with one attached hydrogen (secondary N) is 2. The van der Waals surface area contributed by atoms with Gasteiger partial charge in [-0.1, -0.05) is 19.1 Å². The third kappa shape index (κ3) is 3.43. The fraction of sp³-hybridized carbons (Fsp3) is 0.421. The second-order valence-corrected chi connectivity index (χ2v) is 6.66. The first-order valence-corrected chi connectivity index (χ1v) is 8.61. The molecule has 0 aromatic heterocycles. The maximum Gasteiger partial charge on any atom is 0.307 e. The molecular weight excluding hydrogens is 320 g/mol. The molecule has 2 aliphatic carbocycles. The highest BCUT2D eigenvalue weighted by Gasteiger charge is 2.51. The van der Waals surface area contributed by atoms with E-state index in [1.165, 1.54) is 0 Å². The summed E-state index contributed by atoms with van der Waals surface area (Å²) in [5.74, 6) is -2.60. The summed E-state index contributed by atoms with van der Waals surface area (Å²) in [4.78, 5) is 36.0. The predicted octanol–water partition coefficient (Wildman–Crippen LogP) is 2.29. The van der Waals surface area contributed by atoms with Crippen molar-refractivity contribution in [3.63, 3.8) is 0 Å². The third-order valence-corrected chi connectivity index (χ3v) is 5.00. The van der Waals surface area contributed by atoms with Crippen molar-refractivity contribution >= 4 is 23.5 Å². The van der Waals surface area contributed by atoms with Gasteiger partial charge in [-0.15, -0.1) is 0 Å². The number of amides is 2. The van der Waals surface area contributed by atoms with E-state index < -0.39 is 17.8 Å². The van der Waals surface area contributed by atoms with Gasteiger partial charge in [-0.2, -0.15) is 0 Å². The molecule has 132 valence electrons. The Kier molecular flexibility index (Phi) is 4.88. The summed E-state index contributed by atoms with van der Waals surface area (Å²) in [6.45, 7) is 2.60. The van der Waals surface area contributed by atoms with Crippen molar-refractivity contribution in [3.8, 4) is 0 Å². The van der Waals surface area contributed by atoms with E-state index in [1.807, 2.05) is 19.1 Å². The van der Waals surface area contributed by atoms with Crippen LogP contribution < -0.4 is 10.6 Å². The first-order valence-electron chi connectivity index (χ1n) is 8.61. The molecule has 6 heteroatoms. The van der Waals surface area contributed by atoms with E-state index in [0.717, 1.165) is 12.8 Å². The van der Waals surface area contributed by atoms with Crippen LogP contribution in [0.5, 0.6) is 0 Å². The highest BCUT2D eigenvalue weighted by molar-refractivity contribution is 5.98. The van der Waals surface area contributed by atoms with Crippen LogP contribution in [0.1, 0.15) is 30.1 Å². The van der Waals surface area contributed by atoms with E-state index in [9.17, 15) is 19.5 Å². The molecule has 0 aliphatic heterocycles. The number of anilines is 1. The Bertz CT molecular complexity index is 711. The molecule has 0 unspecified atom stereocenters. The lowest BCUT2D eigenvalue weighted by molar-refractivity contribution is -0.146. The van der Waals surface area contributed by atoms with Crippen molar-refractivity contribution in [2.45, 2.75) is 19.8 Å². The average Bonchev–Trinajstić information content (AvgIpc) is 3.21. The summed E-state index contributed by atoms with van der Waals surface area (Å²) in [6.07, 6.45) is 5.46. The number of carboxylic acids is 1. The number of fused-ring (bicyclic) bond motifs is 2. The van der Waals surface area contributed by atoms with E-state index in [-0.39, 0.29) is 23.7 Å². The summed E-state index contributed by atoms with van der Waals surface area (Å²) in [5, 5.41) is 15.0. The van der Waals surface area contributed by atoms with E-state index in [2.05, 4.69) is 10.6 Å². The lowest BCUT2D eigenvalue weighted by atomic mass is 9.82. The van der Waals surface area contributed by atoms with E-state index in [0.29, 0.717) is 17.8 Å². The summed E-state index contributed by atoms with van der Waals surface area (Å²) in [6, 6.07) is 6.63. The Morgan fingerprint density at radius 2 is 1.72 bits per heavy atom. The highest BCUT2D eigenvalue weighted by atomic mass is 16.4. The first kappa shape index (κ1) is 17.2. The number of hydrogen-bond donors (Lipinski definition) is 3. The molecule has 1 saturated carbocycles. The largest absolute Gasteiger partial charge is 0.481 e. The molecule has 0 radical (unpaired) electrons. The van der Waals surface area contributed by atoms with E-state index >= 15 is 0 Å². The molecule has 3 rings (SSSR count). The number of hydrogen-bond acceptors (Lipinski definition) is 3. The molecule has 0 saturated heterocycles. The maximum atomic E-state index is 12.6. The van der Waals surface area contributed by atoms with Crippen LogP contribution in [-0.2, 0) is 9.59 Å². The average molecular weight is 342 g/mol. The van der Waals surface area contributed by atoms with Gasteiger partial charge in [-0.3, -0.25) is 14.4 Å². The third-order valence-electron chi connectivity index (χ3n) is 5.00. The zero-order valence-corrected chi connectivity index (χ0v) is 14.1. The van der Waals surface area contributed by atoms with Crippen molar-refractivity contribution < 1.29 is 19.5 Å². The summed E-state index contributed by atoms with van der Waals surface area (Å²) in [7, 11) is 0. The number of benzene rings is 1. The van der Waals surface area contributed by atoms with E-state index in [4.69, 9.17) is 0 Å². The summed E-state index contributed by atoms with van der Waals surface area (Å²) >= 11 is 0. The van der Waals surface area contributed by atoms with Crippen LogP contribution in [-0.4, -0.2) is 29.4 Å². The second-order valence-electron chi connectivity index (χ2n) is 6.66. The van der Waals surface area contributed by atoms with Crippen LogP contribution in [0.3, 0.4) is 0 Å². The van der Waals surface area contributed by atoms with E-state index in [1.54, 1.807) is 24.3 Å². The maximum absolute atomic E-state index is 12.6. The van der Waals surface area contributed by atoms with Gasteiger partial charge in [-0.25, -0.2) is 0 Å². The minimum atomic E-state index is -0.917. The number of carboxylic acid groups (broad SMARTS) is 1. The van der Waals surface area contributed by atoms with Crippen molar-refractivity contribution in [1.29, 1.82) is 0 Å². The Labute approximate surface area is 146 Å². The Morgan fingerprint density at radius 1 is 1.08 bits per heavy atom. The predicted molar refractivity (Wildman–Crippen MR) is 93.0 cm³/mol. The summed E-state index contributed by atoms with van der Waals surface area (Å²) in [5.41, 5.74) is 1.09. The van der Waals surface area contributed by atoms with Crippen LogP contribution >= 0.6 is 0 Å². The van der Waals surface area contributed by atoms with Crippen LogP contribution in [0.25, 0.3) is 0 Å². The van der Waals surface area contributed by atoms with Crippen LogP contribution in [0.4, 0.5) is 5.69 Å². The summed E-state index contributed by atoms with van der Waals surface area (Å²) < 4.78 is 0. The molecule has 0 spiro atoms. The fourth-order valence-electron chi connectivity index (χ4n) is 3.79. The molecule has 4 atom stereocenters. The molecule has 1 aromatic rings. The number of allylic oxidation sites excluding steroid dienone is 2. The molecule has 0 heterocycles. The van der Waals surface area contributed by atoms with Gasteiger partial charge in [0, 0.05) is 17.8 Å². The smallest absolute Gasteiger partial charge is 0.307 e. The number of aliphatic carboxylic acids is 1. The SMILES string of the molecule is CCCNC(=O)c1ccc(NC(=O)[C@H]2[C@H](C(=O)O)[C@H]3C=C[C@H]2C3)cc1. The Balaban J connectivity index is 1.66. The molecule has 2 bridgehead atoms. The van der Waals surface area contributed by atoms with Gasteiger partial charge < -0.3 is 15.7 Å². The van der Waals surface area contributed by atoms with Crippen molar-refractivity contribution in [3.05, 3.63) is 42.0 Å². The van der Waals surface area contributed by atoms with Crippen molar-refractivity contribution in [2.24, 2.45) is 23.7 Å². The minimum absolute atomic E-state index is 0.00908. The molecule has 3 N–H and O–H groups in total. The lowest BCUT2D eigenvalue weighted by Crippen LogP contribution is -2.36. The fourth-order valence-corrected chi connectivity index (χ4v) is 3.79. The molecule has 6 nitrogen and oxygen atoms in total. The molecule has 1 fully saturated rings. The minimum Gasteiger partial charge on any atom is -0.481 e. The lowest BCUT2D eigenvalue weighted by Gasteiger charge is -2.23. The van der Waals surface area contributed by atoms with Crippen molar-refractivity contribution in [2.75, 3.05) is 11.9 Å². The molecule has 25 heavy (non-hydrogen) atoms. The Morgan fingerprint density at radius 3 is 2.32 bits per heavy atom. The van der Waals surface area contributed by atoms with Crippen LogP contribution in [0.15, 0.2) is 36.4 Å². The van der Waals surface area contributed by atoms with Crippen LogP contribution in [0.2, 0.25) is 0 Å². The number of carbonyl (C=O) groups is 3.